The molecule has 0 N–H and O–H groups in total. The van der Waals surface area contributed by atoms with Gasteiger partial charge in [0, 0.05) is 24.4 Å². The zero-order valence-corrected chi connectivity index (χ0v) is 9.38. The Balaban J connectivity index is 2.64. The van der Waals surface area contributed by atoms with Gasteiger partial charge in [-0.25, -0.2) is 0 Å². The molecule has 1 aliphatic heterocycles. The van der Waals surface area contributed by atoms with Crippen molar-refractivity contribution in [2.45, 2.75) is 38.2 Å². The van der Waals surface area contributed by atoms with Crippen molar-refractivity contribution in [1.29, 1.82) is 0 Å². The SMILES string of the molecule is CC(S)C1N(C)CCN1C(C)C. The molecule has 0 aliphatic carbocycles. The quantitative estimate of drug-likeness (QED) is 0.652. The molecule has 0 bridgehead atoms. The predicted octanol–water partition coefficient (Wildman–Crippen LogP) is 1.29. The Kier molecular flexibility index (Phi) is 3.44. The van der Waals surface area contributed by atoms with Gasteiger partial charge in [0.1, 0.15) is 0 Å². The van der Waals surface area contributed by atoms with Crippen LogP contribution in [0, 0.1) is 0 Å². The van der Waals surface area contributed by atoms with E-state index in [4.69, 9.17) is 0 Å². The molecule has 2 nitrogen and oxygen atoms in total. The van der Waals surface area contributed by atoms with Crippen LogP contribution in [0.4, 0.5) is 0 Å². The summed E-state index contributed by atoms with van der Waals surface area (Å²) in [5.74, 6) is 0. The van der Waals surface area contributed by atoms with Gasteiger partial charge < -0.3 is 0 Å². The average Bonchev–Trinajstić information content (AvgIpc) is 2.30. The molecule has 0 aromatic heterocycles. The summed E-state index contributed by atoms with van der Waals surface area (Å²) in [6.45, 7) is 9.03. The summed E-state index contributed by atoms with van der Waals surface area (Å²) < 4.78 is 0. The van der Waals surface area contributed by atoms with Crippen LogP contribution in [0.2, 0.25) is 0 Å². The largest absolute Gasteiger partial charge is 0.289 e. The maximum atomic E-state index is 4.52. The summed E-state index contributed by atoms with van der Waals surface area (Å²) in [4.78, 5) is 4.90. The zero-order chi connectivity index (χ0) is 9.30. The van der Waals surface area contributed by atoms with Crippen LogP contribution in [0.25, 0.3) is 0 Å². The molecule has 0 spiro atoms. The fourth-order valence-electron chi connectivity index (χ4n) is 2.00. The number of likely N-dealkylation sites (N-methyl/N-ethyl adjacent to an activating group) is 1. The highest BCUT2D eigenvalue weighted by atomic mass is 32.1. The van der Waals surface area contributed by atoms with Crippen molar-refractivity contribution in [1.82, 2.24) is 9.80 Å². The van der Waals surface area contributed by atoms with Gasteiger partial charge in [0.25, 0.3) is 0 Å². The summed E-state index contributed by atoms with van der Waals surface area (Å²) in [5.41, 5.74) is 0. The highest BCUT2D eigenvalue weighted by Gasteiger charge is 2.33. The lowest BCUT2D eigenvalue weighted by Crippen LogP contribution is -2.45. The second kappa shape index (κ2) is 3.99. The second-order valence-corrected chi connectivity index (χ2v) is 4.78. The fraction of sp³-hybridized carbons (Fsp3) is 1.00. The van der Waals surface area contributed by atoms with Crippen LogP contribution in [-0.4, -0.2) is 47.4 Å². The van der Waals surface area contributed by atoms with Crippen LogP contribution < -0.4 is 0 Å². The second-order valence-electron chi connectivity index (χ2n) is 3.97. The highest BCUT2D eigenvalue weighted by molar-refractivity contribution is 7.81. The van der Waals surface area contributed by atoms with Crippen molar-refractivity contribution in [3.8, 4) is 0 Å². The molecule has 1 saturated heterocycles. The van der Waals surface area contributed by atoms with Gasteiger partial charge in [-0.2, -0.15) is 12.6 Å². The van der Waals surface area contributed by atoms with Gasteiger partial charge in [-0.15, -0.1) is 0 Å². The lowest BCUT2D eigenvalue weighted by molar-refractivity contribution is 0.130. The summed E-state index contributed by atoms with van der Waals surface area (Å²) in [7, 11) is 2.18. The van der Waals surface area contributed by atoms with Crippen molar-refractivity contribution in [3.63, 3.8) is 0 Å². The van der Waals surface area contributed by atoms with E-state index >= 15 is 0 Å². The maximum Gasteiger partial charge on any atom is 0.0740 e. The minimum Gasteiger partial charge on any atom is -0.289 e. The maximum absolute atomic E-state index is 4.52. The van der Waals surface area contributed by atoms with Crippen molar-refractivity contribution >= 4 is 12.6 Å². The third-order valence-corrected chi connectivity index (χ3v) is 2.86. The average molecular weight is 188 g/mol. The summed E-state index contributed by atoms with van der Waals surface area (Å²) >= 11 is 4.52. The number of rotatable bonds is 2. The first-order valence-electron chi connectivity index (χ1n) is 4.68. The van der Waals surface area contributed by atoms with Gasteiger partial charge in [0.05, 0.1) is 6.17 Å². The predicted molar refractivity (Wildman–Crippen MR) is 56.7 cm³/mol. The summed E-state index contributed by atoms with van der Waals surface area (Å²) in [6.07, 6.45) is 0.522. The van der Waals surface area contributed by atoms with E-state index in [0.717, 1.165) is 0 Å². The van der Waals surface area contributed by atoms with Crippen molar-refractivity contribution in [2.24, 2.45) is 0 Å². The van der Waals surface area contributed by atoms with Crippen molar-refractivity contribution in [3.05, 3.63) is 0 Å². The Labute approximate surface area is 81.3 Å². The lowest BCUT2D eigenvalue weighted by Gasteiger charge is -2.33. The minimum atomic E-state index is 0.430. The Hall–Kier alpha value is 0.270. The molecular formula is C9H20N2S. The van der Waals surface area contributed by atoms with Crippen molar-refractivity contribution in [2.75, 3.05) is 20.1 Å². The van der Waals surface area contributed by atoms with E-state index < -0.39 is 0 Å². The van der Waals surface area contributed by atoms with E-state index in [0.29, 0.717) is 17.5 Å². The van der Waals surface area contributed by atoms with Gasteiger partial charge in [0.2, 0.25) is 0 Å². The third kappa shape index (κ3) is 1.95. The van der Waals surface area contributed by atoms with Crippen LogP contribution in [0.5, 0.6) is 0 Å². The summed E-state index contributed by atoms with van der Waals surface area (Å²) in [6, 6.07) is 0.634. The molecule has 1 aliphatic rings. The van der Waals surface area contributed by atoms with Gasteiger partial charge in [-0.05, 0) is 20.9 Å². The first-order valence-corrected chi connectivity index (χ1v) is 5.19. The van der Waals surface area contributed by atoms with E-state index in [1.807, 2.05) is 0 Å². The molecule has 1 rings (SSSR count). The van der Waals surface area contributed by atoms with Gasteiger partial charge >= 0.3 is 0 Å². The van der Waals surface area contributed by atoms with E-state index in [1.54, 1.807) is 0 Å². The number of hydrogen-bond acceptors (Lipinski definition) is 3. The fourth-order valence-corrected chi connectivity index (χ4v) is 2.40. The first kappa shape index (κ1) is 10.4. The molecule has 0 amide bonds. The first-order chi connectivity index (χ1) is 5.54. The van der Waals surface area contributed by atoms with Gasteiger partial charge in [-0.3, -0.25) is 9.80 Å². The zero-order valence-electron chi connectivity index (χ0n) is 8.49. The van der Waals surface area contributed by atoms with Crippen LogP contribution in [0.1, 0.15) is 20.8 Å². The Morgan fingerprint density at radius 1 is 1.25 bits per heavy atom. The number of nitrogens with zero attached hydrogens (tertiary/aromatic N) is 2. The molecule has 0 radical (unpaired) electrons. The topological polar surface area (TPSA) is 6.48 Å². The van der Waals surface area contributed by atoms with Crippen LogP contribution in [0.3, 0.4) is 0 Å². The Morgan fingerprint density at radius 3 is 2.17 bits per heavy atom. The third-order valence-electron chi connectivity index (χ3n) is 2.60. The lowest BCUT2D eigenvalue weighted by atomic mass is 10.2. The van der Waals surface area contributed by atoms with E-state index in [-0.39, 0.29) is 0 Å². The molecule has 2 atom stereocenters. The molecule has 2 unspecified atom stereocenters. The molecule has 3 heteroatoms. The van der Waals surface area contributed by atoms with Gasteiger partial charge in [0.15, 0.2) is 0 Å². The van der Waals surface area contributed by atoms with Crippen LogP contribution in [0.15, 0.2) is 0 Å². The minimum absolute atomic E-state index is 0.430. The van der Waals surface area contributed by atoms with Crippen LogP contribution in [-0.2, 0) is 0 Å². The standard InChI is InChI=1S/C9H20N2S/c1-7(2)11-6-5-10(4)9(11)8(3)12/h7-9,12H,5-6H2,1-4H3. The van der Waals surface area contributed by atoms with E-state index in [1.165, 1.54) is 13.1 Å². The molecule has 0 aromatic rings. The molecule has 72 valence electrons. The van der Waals surface area contributed by atoms with Crippen LogP contribution >= 0.6 is 12.6 Å². The highest BCUT2D eigenvalue weighted by Crippen LogP contribution is 2.21. The number of hydrogen-bond donors (Lipinski definition) is 1. The van der Waals surface area contributed by atoms with E-state index in [9.17, 15) is 0 Å². The summed E-state index contributed by atoms with van der Waals surface area (Å²) in [5, 5.41) is 0.430. The molecule has 1 fully saturated rings. The number of thiol groups is 1. The van der Waals surface area contributed by atoms with Crippen molar-refractivity contribution < 1.29 is 0 Å². The molecule has 0 saturated carbocycles. The van der Waals surface area contributed by atoms with E-state index in [2.05, 4.69) is 50.2 Å². The normalized spacial score (nSPS) is 30.0. The van der Waals surface area contributed by atoms with Gasteiger partial charge in [-0.1, -0.05) is 6.92 Å². The molecular weight excluding hydrogens is 168 g/mol. The monoisotopic (exact) mass is 188 g/mol. The molecule has 12 heavy (non-hydrogen) atoms. The Morgan fingerprint density at radius 2 is 1.83 bits per heavy atom. The Bertz CT molecular complexity index is 147. The smallest absolute Gasteiger partial charge is 0.0740 e. The molecule has 0 aromatic carbocycles. The molecule has 1 heterocycles.